The number of likely N-dealkylation sites (tertiary alicyclic amines) is 1. The third-order valence-electron chi connectivity index (χ3n) is 6.66. The van der Waals surface area contributed by atoms with Crippen molar-refractivity contribution in [2.45, 2.75) is 38.3 Å². The van der Waals surface area contributed by atoms with Gasteiger partial charge in [0, 0.05) is 44.7 Å². The van der Waals surface area contributed by atoms with Crippen LogP contribution in [0.3, 0.4) is 0 Å². The summed E-state index contributed by atoms with van der Waals surface area (Å²) in [5, 5.41) is 4.24. The number of carbonyl (C=O) groups is 1. The van der Waals surface area contributed by atoms with Gasteiger partial charge in [-0.2, -0.15) is 0 Å². The first-order valence-electron chi connectivity index (χ1n) is 11.5. The van der Waals surface area contributed by atoms with Crippen LogP contribution >= 0.6 is 11.3 Å². The van der Waals surface area contributed by atoms with E-state index in [1.165, 1.54) is 23.0 Å². The summed E-state index contributed by atoms with van der Waals surface area (Å²) >= 11 is 1.53. The minimum atomic E-state index is -0.228. The zero-order valence-electron chi connectivity index (χ0n) is 18.2. The number of aromatic nitrogens is 1. The SMILES string of the molecule is O=C(NC1CCN(Cc2ccccc2)CC1)C1CCN(c2nc3ccc(F)cc3s2)CC1. The van der Waals surface area contributed by atoms with Gasteiger partial charge in [-0.25, -0.2) is 9.37 Å². The Hall–Kier alpha value is -2.51. The maximum absolute atomic E-state index is 13.5. The number of nitrogens with zero attached hydrogens (tertiary/aromatic N) is 3. The molecule has 168 valence electrons. The number of halogens is 1. The van der Waals surface area contributed by atoms with E-state index in [2.05, 4.69) is 50.4 Å². The fourth-order valence-corrected chi connectivity index (χ4v) is 5.79. The number of nitrogens with one attached hydrogen (secondary N) is 1. The summed E-state index contributed by atoms with van der Waals surface area (Å²) in [6.45, 7) is 4.66. The lowest BCUT2D eigenvalue weighted by atomic mass is 9.95. The van der Waals surface area contributed by atoms with Crippen LogP contribution in [-0.4, -0.2) is 48.0 Å². The van der Waals surface area contributed by atoms with E-state index in [4.69, 9.17) is 0 Å². The van der Waals surface area contributed by atoms with Crippen LogP contribution in [0.5, 0.6) is 0 Å². The molecule has 3 heterocycles. The Balaban J connectivity index is 1.08. The van der Waals surface area contributed by atoms with Gasteiger partial charge in [0.15, 0.2) is 5.13 Å². The maximum atomic E-state index is 13.5. The molecule has 1 amide bonds. The van der Waals surface area contributed by atoms with Crippen molar-refractivity contribution in [2.24, 2.45) is 5.92 Å². The van der Waals surface area contributed by atoms with E-state index in [0.717, 1.165) is 73.8 Å². The summed E-state index contributed by atoms with van der Waals surface area (Å²) in [5.74, 6) is 0.0481. The number of thiazole rings is 1. The second kappa shape index (κ2) is 9.55. The highest BCUT2D eigenvalue weighted by molar-refractivity contribution is 7.22. The van der Waals surface area contributed by atoms with E-state index in [-0.39, 0.29) is 23.7 Å². The van der Waals surface area contributed by atoms with Crippen molar-refractivity contribution in [3.63, 3.8) is 0 Å². The van der Waals surface area contributed by atoms with Crippen LogP contribution < -0.4 is 10.2 Å². The summed E-state index contributed by atoms with van der Waals surface area (Å²) in [6, 6.07) is 15.6. The van der Waals surface area contributed by atoms with Crippen molar-refractivity contribution in [2.75, 3.05) is 31.1 Å². The molecule has 5 nitrogen and oxygen atoms in total. The number of carbonyl (C=O) groups excluding carboxylic acids is 1. The van der Waals surface area contributed by atoms with Crippen molar-refractivity contribution in [3.05, 3.63) is 59.9 Å². The molecule has 2 aliphatic rings. The smallest absolute Gasteiger partial charge is 0.223 e. The second-order valence-electron chi connectivity index (χ2n) is 8.91. The molecule has 2 saturated heterocycles. The average Bonchev–Trinajstić information content (AvgIpc) is 3.24. The average molecular weight is 453 g/mol. The molecule has 2 aromatic carbocycles. The van der Waals surface area contributed by atoms with E-state index < -0.39 is 0 Å². The van der Waals surface area contributed by atoms with Crippen LogP contribution in [0.4, 0.5) is 9.52 Å². The van der Waals surface area contributed by atoms with Crippen molar-refractivity contribution >= 4 is 32.6 Å². The number of amides is 1. The predicted octanol–water partition coefficient (Wildman–Crippen LogP) is 4.43. The van der Waals surface area contributed by atoms with E-state index in [9.17, 15) is 9.18 Å². The van der Waals surface area contributed by atoms with Crippen molar-refractivity contribution in [3.8, 4) is 0 Å². The van der Waals surface area contributed by atoms with Crippen LogP contribution in [0.25, 0.3) is 10.2 Å². The van der Waals surface area contributed by atoms with Gasteiger partial charge in [0.25, 0.3) is 0 Å². The molecule has 3 aromatic rings. The van der Waals surface area contributed by atoms with Crippen molar-refractivity contribution < 1.29 is 9.18 Å². The number of benzene rings is 2. The molecule has 0 radical (unpaired) electrons. The summed E-state index contributed by atoms with van der Waals surface area (Å²) in [7, 11) is 0. The monoisotopic (exact) mass is 452 g/mol. The molecule has 0 saturated carbocycles. The molecular formula is C25H29FN4OS. The molecule has 2 fully saturated rings. The summed E-state index contributed by atoms with van der Waals surface area (Å²) in [4.78, 5) is 22.2. The molecule has 0 unspecified atom stereocenters. The van der Waals surface area contributed by atoms with Crippen LogP contribution in [0.2, 0.25) is 0 Å². The Morgan fingerprint density at radius 1 is 1.03 bits per heavy atom. The van der Waals surface area contributed by atoms with E-state index in [1.54, 1.807) is 12.1 Å². The highest BCUT2D eigenvalue weighted by Crippen LogP contribution is 2.32. The standard InChI is InChI=1S/C25H29FN4OS/c26-20-6-7-22-23(16-20)32-25(28-22)30-14-8-19(9-15-30)24(31)27-21-10-12-29(13-11-21)17-18-4-2-1-3-5-18/h1-7,16,19,21H,8-15,17H2,(H,27,31). The number of hydrogen-bond donors (Lipinski definition) is 1. The molecule has 32 heavy (non-hydrogen) atoms. The van der Waals surface area contributed by atoms with Gasteiger partial charge in [-0.1, -0.05) is 41.7 Å². The molecule has 2 aliphatic heterocycles. The van der Waals surface area contributed by atoms with Gasteiger partial charge in [-0.15, -0.1) is 0 Å². The number of piperidine rings is 2. The second-order valence-corrected chi connectivity index (χ2v) is 9.92. The van der Waals surface area contributed by atoms with Gasteiger partial charge < -0.3 is 10.2 Å². The Kier molecular flexibility index (Phi) is 6.37. The largest absolute Gasteiger partial charge is 0.353 e. The highest BCUT2D eigenvalue weighted by atomic mass is 32.1. The maximum Gasteiger partial charge on any atom is 0.223 e. The van der Waals surface area contributed by atoms with Gasteiger partial charge >= 0.3 is 0 Å². The van der Waals surface area contributed by atoms with Gasteiger partial charge in [-0.05, 0) is 49.4 Å². The Labute approximate surface area is 192 Å². The number of anilines is 1. The van der Waals surface area contributed by atoms with Crippen molar-refractivity contribution in [1.82, 2.24) is 15.2 Å². The molecule has 0 atom stereocenters. The lowest BCUT2D eigenvalue weighted by Gasteiger charge is -2.35. The van der Waals surface area contributed by atoms with Gasteiger partial charge in [0.2, 0.25) is 5.91 Å². The van der Waals surface area contributed by atoms with Crippen LogP contribution in [-0.2, 0) is 11.3 Å². The highest BCUT2D eigenvalue weighted by Gasteiger charge is 2.29. The molecule has 0 bridgehead atoms. The molecule has 5 rings (SSSR count). The summed E-state index contributed by atoms with van der Waals surface area (Å²) in [5.41, 5.74) is 2.19. The topological polar surface area (TPSA) is 48.5 Å². The van der Waals surface area contributed by atoms with E-state index in [1.807, 2.05) is 0 Å². The first kappa shape index (κ1) is 21.3. The van der Waals surface area contributed by atoms with Crippen molar-refractivity contribution in [1.29, 1.82) is 0 Å². The Morgan fingerprint density at radius 3 is 2.53 bits per heavy atom. The zero-order valence-corrected chi connectivity index (χ0v) is 19.0. The van der Waals surface area contributed by atoms with Gasteiger partial charge in [-0.3, -0.25) is 9.69 Å². The Bertz CT molecular complexity index is 1060. The Morgan fingerprint density at radius 2 is 1.78 bits per heavy atom. The first-order chi connectivity index (χ1) is 15.6. The summed E-state index contributed by atoms with van der Waals surface area (Å²) in [6.07, 6.45) is 3.70. The van der Waals surface area contributed by atoms with Crippen LogP contribution in [0.1, 0.15) is 31.2 Å². The molecule has 1 N–H and O–H groups in total. The van der Waals surface area contributed by atoms with E-state index in [0.29, 0.717) is 0 Å². The van der Waals surface area contributed by atoms with Gasteiger partial charge in [0.1, 0.15) is 5.82 Å². The minimum absolute atomic E-state index is 0.0698. The van der Waals surface area contributed by atoms with Crippen LogP contribution in [0, 0.1) is 11.7 Å². The quantitative estimate of drug-likeness (QED) is 0.622. The number of fused-ring (bicyclic) bond motifs is 1. The minimum Gasteiger partial charge on any atom is -0.353 e. The van der Waals surface area contributed by atoms with Gasteiger partial charge in [0.05, 0.1) is 10.2 Å². The zero-order chi connectivity index (χ0) is 21.9. The number of rotatable bonds is 5. The molecule has 0 aliphatic carbocycles. The fraction of sp³-hybridized carbons (Fsp3) is 0.440. The third kappa shape index (κ3) is 4.94. The first-order valence-corrected chi connectivity index (χ1v) is 12.3. The summed E-state index contributed by atoms with van der Waals surface area (Å²) < 4.78 is 14.3. The third-order valence-corrected chi connectivity index (χ3v) is 7.74. The lowest BCUT2D eigenvalue weighted by molar-refractivity contribution is -0.126. The fourth-order valence-electron chi connectivity index (χ4n) is 4.75. The number of hydrogen-bond acceptors (Lipinski definition) is 5. The lowest BCUT2D eigenvalue weighted by Crippen LogP contribution is -2.48. The molecule has 7 heteroatoms. The molecule has 0 spiro atoms. The molecular weight excluding hydrogens is 423 g/mol. The van der Waals surface area contributed by atoms with E-state index >= 15 is 0 Å². The molecule has 1 aromatic heterocycles. The normalized spacial score (nSPS) is 18.8. The predicted molar refractivity (Wildman–Crippen MR) is 127 cm³/mol. The van der Waals surface area contributed by atoms with Crippen LogP contribution in [0.15, 0.2) is 48.5 Å².